The number of likely N-dealkylation sites (N-methyl/N-ethyl adjacent to an activating group) is 1. The molecule has 0 saturated carbocycles. The number of imidazole rings is 1. The highest BCUT2D eigenvalue weighted by atomic mass is 35.5. The van der Waals surface area contributed by atoms with Crippen molar-refractivity contribution in [2.45, 2.75) is 0 Å². The second-order valence-electron chi connectivity index (χ2n) is 6.18. The first kappa shape index (κ1) is 20.3. The number of anilines is 1. The van der Waals surface area contributed by atoms with Crippen LogP contribution in [0.1, 0.15) is 10.5 Å². The van der Waals surface area contributed by atoms with Gasteiger partial charge in [0, 0.05) is 17.8 Å². The number of amides is 2. The van der Waals surface area contributed by atoms with Gasteiger partial charge in [0.15, 0.2) is 0 Å². The molecule has 3 aromatic rings. The van der Waals surface area contributed by atoms with Crippen molar-refractivity contribution in [2.75, 3.05) is 26.0 Å². The summed E-state index contributed by atoms with van der Waals surface area (Å²) in [5, 5.41) is 3.12. The van der Waals surface area contributed by atoms with Gasteiger partial charge in [-0.25, -0.2) is 9.37 Å². The van der Waals surface area contributed by atoms with Crippen LogP contribution in [0.3, 0.4) is 0 Å². The van der Waals surface area contributed by atoms with Gasteiger partial charge in [-0.1, -0.05) is 11.6 Å². The van der Waals surface area contributed by atoms with E-state index in [1.165, 1.54) is 60.4 Å². The number of hydrogen-bond acceptors (Lipinski definition) is 4. The molecule has 0 radical (unpaired) electrons. The van der Waals surface area contributed by atoms with Crippen molar-refractivity contribution < 1.29 is 18.7 Å². The molecule has 1 heterocycles. The molecular weight excluding hydrogens is 399 g/mol. The van der Waals surface area contributed by atoms with Gasteiger partial charge < -0.3 is 15.0 Å². The first-order chi connectivity index (χ1) is 13.9. The predicted molar refractivity (Wildman–Crippen MR) is 107 cm³/mol. The van der Waals surface area contributed by atoms with Gasteiger partial charge in [-0.05, 0) is 42.5 Å². The molecule has 0 aliphatic heterocycles. The Hall–Kier alpha value is -3.39. The summed E-state index contributed by atoms with van der Waals surface area (Å²) < 4.78 is 19.9. The molecule has 7 nitrogen and oxygen atoms in total. The molecule has 1 N–H and O–H groups in total. The van der Waals surface area contributed by atoms with E-state index in [2.05, 4.69) is 10.3 Å². The van der Waals surface area contributed by atoms with Gasteiger partial charge in [-0.2, -0.15) is 0 Å². The van der Waals surface area contributed by atoms with Crippen LogP contribution in [-0.2, 0) is 4.79 Å². The lowest BCUT2D eigenvalue weighted by molar-refractivity contribution is -0.116. The summed E-state index contributed by atoms with van der Waals surface area (Å²) in [6.45, 7) is -0.205. The summed E-state index contributed by atoms with van der Waals surface area (Å²) in [5.41, 5.74) is 1.23. The van der Waals surface area contributed by atoms with Crippen LogP contribution in [0.4, 0.5) is 10.1 Å². The number of ether oxygens (including phenoxy) is 1. The summed E-state index contributed by atoms with van der Waals surface area (Å²) in [7, 11) is 2.98. The minimum Gasteiger partial charge on any atom is -0.495 e. The molecule has 0 atom stereocenters. The SMILES string of the molecule is COc1ccc(Cl)cc1NC(=O)CN(C)C(=O)c1cncn1-c1ccc(F)cc1. The second-order valence-corrected chi connectivity index (χ2v) is 6.62. The van der Waals surface area contributed by atoms with Crippen molar-refractivity contribution in [3.05, 3.63) is 71.5 Å². The molecule has 0 unspecified atom stereocenters. The highest BCUT2D eigenvalue weighted by Gasteiger charge is 2.20. The zero-order valence-corrected chi connectivity index (χ0v) is 16.5. The number of aromatic nitrogens is 2. The van der Waals surface area contributed by atoms with Crippen LogP contribution in [0.2, 0.25) is 5.02 Å². The third kappa shape index (κ3) is 4.72. The van der Waals surface area contributed by atoms with Crippen molar-refractivity contribution in [1.82, 2.24) is 14.5 Å². The minimum absolute atomic E-state index is 0.205. The van der Waals surface area contributed by atoms with Crippen LogP contribution in [0.5, 0.6) is 5.75 Å². The van der Waals surface area contributed by atoms with E-state index < -0.39 is 11.8 Å². The van der Waals surface area contributed by atoms with Gasteiger partial charge in [0.2, 0.25) is 5.91 Å². The number of carbonyl (C=O) groups excluding carboxylic acids is 2. The number of methoxy groups -OCH3 is 1. The molecule has 2 aromatic carbocycles. The van der Waals surface area contributed by atoms with Crippen LogP contribution in [0.15, 0.2) is 55.0 Å². The molecule has 2 amide bonds. The van der Waals surface area contributed by atoms with Crippen molar-refractivity contribution >= 4 is 29.1 Å². The van der Waals surface area contributed by atoms with Crippen LogP contribution >= 0.6 is 11.6 Å². The van der Waals surface area contributed by atoms with Gasteiger partial charge in [0.05, 0.1) is 31.9 Å². The van der Waals surface area contributed by atoms with Crippen molar-refractivity contribution in [3.8, 4) is 11.4 Å². The van der Waals surface area contributed by atoms with Crippen molar-refractivity contribution in [1.29, 1.82) is 0 Å². The number of hydrogen-bond donors (Lipinski definition) is 1. The summed E-state index contributed by atoms with van der Waals surface area (Å²) in [5.74, 6) is -0.771. The van der Waals surface area contributed by atoms with Gasteiger partial charge >= 0.3 is 0 Å². The predicted octanol–water partition coefficient (Wildman–Crippen LogP) is 3.38. The molecule has 0 spiro atoms. The Kier molecular flexibility index (Phi) is 6.13. The average Bonchev–Trinajstić information content (AvgIpc) is 3.17. The van der Waals surface area contributed by atoms with E-state index >= 15 is 0 Å². The van der Waals surface area contributed by atoms with E-state index in [1.807, 2.05) is 0 Å². The summed E-state index contributed by atoms with van der Waals surface area (Å²) >= 11 is 5.96. The van der Waals surface area contributed by atoms with Gasteiger partial charge in [0.25, 0.3) is 5.91 Å². The largest absolute Gasteiger partial charge is 0.495 e. The van der Waals surface area contributed by atoms with E-state index in [-0.39, 0.29) is 18.1 Å². The Morgan fingerprint density at radius 2 is 1.97 bits per heavy atom. The second kappa shape index (κ2) is 8.74. The van der Waals surface area contributed by atoms with E-state index in [0.29, 0.717) is 22.1 Å². The molecule has 150 valence electrons. The molecule has 9 heteroatoms. The number of halogens is 2. The lowest BCUT2D eigenvalue weighted by atomic mass is 10.2. The number of nitrogens with zero attached hydrogens (tertiary/aromatic N) is 3. The van der Waals surface area contributed by atoms with Crippen LogP contribution in [-0.4, -0.2) is 47.0 Å². The van der Waals surface area contributed by atoms with Gasteiger partial charge in [0.1, 0.15) is 17.3 Å². The Balaban J connectivity index is 1.72. The van der Waals surface area contributed by atoms with E-state index in [9.17, 15) is 14.0 Å². The molecule has 3 rings (SSSR count). The first-order valence-electron chi connectivity index (χ1n) is 8.56. The van der Waals surface area contributed by atoms with Gasteiger partial charge in [-0.3, -0.25) is 14.2 Å². The Labute approximate surface area is 171 Å². The molecule has 0 fully saturated rings. The third-order valence-electron chi connectivity index (χ3n) is 4.13. The summed E-state index contributed by atoms with van der Waals surface area (Å²) in [6, 6.07) is 10.5. The average molecular weight is 417 g/mol. The minimum atomic E-state index is -0.422. The van der Waals surface area contributed by atoms with Crippen molar-refractivity contribution in [2.24, 2.45) is 0 Å². The number of nitrogens with one attached hydrogen (secondary N) is 1. The normalized spacial score (nSPS) is 10.5. The molecule has 0 aliphatic carbocycles. The maximum atomic E-state index is 13.2. The van der Waals surface area contributed by atoms with Crippen LogP contribution in [0.25, 0.3) is 5.69 Å². The first-order valence-corrected chi connectivity index (χ1v) is 8.94. The van der Waals surface area contributed by atoms with Gasteiger partial charge in [-0.15, -0.1) is 0 Å². The maximum absolute atomic E-state index is 13.2. The fourth-order valence-electron chi connectivity index (χ4n) is 2.71. The monoisotopic (exact) mass is 416 g/mol. The summed E-state index contributed by atoms with van der Waals surface area (Å²) in [4.78, 5) is 30.4. The fourth-order valence-corrected chi connectivity index (χ4v) is 2.88. The molecule has 0 aliphatic rings. The van der Waals surface area contributed by atoms with E-state index in [1.54, 1.807) is 18.2 Å². The zero-order chi connectivity index (χ0) is 21.0. The Morgan fingerprint density at radius 1 is 1.24 bits per heavy atom. The van der Waals surface area contributed by atoms with E-state index in [4.69, 9.17) is 16.3 Å². The third-order valence-corrected chi connectivity index (χ3v) is 4.36. The number of carbonyl (C=O) groups is 2. The van der Waals surface area contributed by atoms with E-state index in [0.717, 1.165) is 0 Å². The van der Waals surface area contributed by atoms with Crippen LogP contribution in [0, 0.1) is 5.82 Å². The highest BCUT2D eigenvalue weighted by Crippen LogP contribution is 2.27. The smallest absolute Gasteiger partial charge is 0.272 e. The number of rotatable bonds is 6. The standard InChI is InChI=1S/C20H18ClFN4O3/c1-25(11-19(27)24-16-9-13(21)3-8-18(16)29-2)20(28)17-10-23-12-26(17)15-6-4-14(22)5-7-15/h3-10,12H,11H2,1-2H3,(H,24,27). The lowest BCUT2D eigenvalue weighted by Gasteiger charge is -2.18. The Morgan fingerprint density at radius 3 is 2.66 bits per heavy atom. The topological polar surface area (TPSA) is 76.5 Å². The summed E-state index contributed by atoms with van der Waals surface area (Å²) in [6.07, 6.45) is 2.84. The molecule has 0 bridgehead atoms. The molecule has 0 saturated heterocycles. The maximum Gasteiger partial charge on any atom is 0.272 e. The molecule has 29 heavy (non-hydrogen) atoms. The molecular formula is C20H18ClFN4O3. The zero-order valence-electron chi connectivity index (χ0n) is 15.7. The highest BCUT2D eigenvalue weighted by molar-refractivity contribution is 6.31. The fraction of sp³-hybridized carbons (Fsp3) is 0.150. The quantitative estimate of drug-likeness (QED) is 0.668. The van der Waals surface area contributed by atoms with Crippen LogP contribution < -0.4 is 10.1 Å². The Bertz CT molecular complexity index is 1040. The van der Waals surface area contributed by atoms with Crippen molar-refractivity contribution in [3.63, 3.8) is 0 Å². The number of benzene rings is 2. The lowest BCUT2D eigenvalue weighted by Crippen LogP contribution is -2.35. The molecule has 1 aromatic heterocycles.